The van der Waals surface area contributed by atoms with Gasteiger partial charge >= 0.3 is 0 Å². The molecule has 0 fully saturated rings. The molecule has 1 heterocycles. The van der Waals surface area contributed by atoms with Crippen molar-refractivity contribution in [3.8, 4) is 0 Å². The van der Waals surface area contributed by atoms with Gasteiger partial charge in [-0.05, 0) is 24.5 Å². The molecule has 1 N–H and O–H groups in total. The number of nitrogens with zero attached hydrogens (tertiary/aromatic N) is 2. The minimum Gasteiger partial charge on any atom is -0.309 e. The molecule has 0 radical (unpaired) electrons. The number of benzene rings is 1. The Kier molecular flexibility index (Phi) is 4.34. The minimum absolute atomic E-state index is 0.0173. The summed E-state index contributed by atoms with van der Waals surface area (Å²) in [4.78, 5) is 11.5. The first-order chi connectivity index (χ1) is 9.19. The lowest BCUT2D eigenvalue weighted by molar-refractivity contribution is -0.116. The molecule has 100 valence electrons. The zero-order chi connectivity index (χ0) is 13.7. The molecule has 1 aromatic carbocycles. The topological polar surface area (TPSA) is 46.9 Å². The van der Waals surface area contributed by atoms with Crippen LogP contribution in [0.1, 0.15) is 30.9 Å². The van der Waals surface area contributed by atoms with Crippen LogP contribution in [-0.4, -0.2) is 15.7 Å². The van der Waals surface area contributed by atoms with E-state index in [9.17, 15) is 4.79 Å². The van der Waals surface area contributed by atoms with Crippen LogP contribution in [0.25, 0.3) is 0 Å². The van der Waals surface area contributed by atoms with E-state index in [4.69, 9.17) is 0 Å². The minimum atomic E-state index is 0.0173. The number of rotatable bonds is 5. The van der Waals surface area contributed by atoms with Crippen molar-refractivity contribution in [2.24, 2.45) is 0 Å². The number of carbonyl (C=O) groups is 1. The second-order valence-corrected chi connectivity index (χ2v) is 4.62. The molecule has 0 saturated carbocycles. The predicted molar refractivity (Wildman–Crippen MR) is 76.0 cm³/mol. The fourth-order valence-electron chi connectivity index (χ4n) is 1.91. The molecule has 0 saturated heterocycles. The lowest BCUT2D eigenvalue weighted by Crippen LogP contribution is -2.11. The van der Waals surface area contributed by atoms with E-state index in [-0.39, 0.29) is 5.91 Å². The lowest BCUT2D eigenvalue weighted by atomic mass is 10.1. The van der Waals surface area contributed by atoms with E-state index in [2.05, 4.69) is 29.5 Å². The van der Waals surface area contributed by atoms with Crippen LogP contribution in [0, 0.1) is 6.92 Å². The van der Waals surface area contributed by atoms with Crippen molar-refractivity contribution >= 4 is 11.7 Å². The zero-order valence-corrected chi connectivity index (χ0v) is 11.4. The van der Waals surface area contributed by atoms with Gasteiger partial charge in [0, 0.05) is 18.7 Å². The quantitative estimate of drug-likeness (QED) is 0.895. The molecule has 0 spiro atoms. The summed E-state index contributed by atoms with van der Waals surface area (Å²) < 4.78 is 1.84. The van der Waals surface area contributed by atoms with Gasteiger partial charge in [-0.3, -0.25) is 9.48 Å². The molecule has 4 heteroatoms. The monoisotopic (exact) mass is 257 g/mol. The first-order valence-corrected chi connectivity index (χ1v) is 6.57. The number of aryl methyl sites for hydroxylation is 1. The van der Waals surface area contributed by atoms with Crippen LogP contribution >= 0.6 is 0 Å². The van der Waals surface area contributed by atoms with Crippen LogP contribution in [0.5, 0.6) is 0 Å². The average Bonchev–Trinajstić information content (AvgIpc) is 2.80. The summed E-state index contributed by atoms with van der Waals surface area (Å²) in [5, 5.41) is 7.15. The number of aromatic nitrogens is 2. The van der Waals surface area contributed by atoms with Crippen molar-refractivity contribution in [3.63, 3.8) is 0 Å². The van der Waals surface area contributed by atoms with Crippen LogP contribution in [0.3, 0.4) is 0 Å². The smallest absolute Gasteiger partial charge is 0.225 e. The Morgan fingerprint density at radius 1 is 1.32 bits per heavy atom. The summed E-state index contributed by atoms with van der Waals surface area (Å²) in [5.41, 5.74) is 2.48. The van der Waals surface area contributed by atoms with E-state index in [1.54, 1.807) is 0 Å². The molecule has 0 unspecified atom stereocenters. The van der Waals surface area contributed by atoms with Crippen LogP contribution in [0.4, 0.5) is 5.82 Å². The van der Waals surface area contributed by atoms with E-state index in [0.29, 0.717) is 12.2 Å². The molecule has 0 bridgehead atoms. The average molecular weight is 257 g/mol. The van der Waals surface area contributed by atoms with Gasteiger partial charge in [0.2, 0.25) is 5.91 Å². The Bertz CT molecular complexity index is 560. The summed E-state index contributed by atoms with van der Waals surface area (Å²) >= 11 is 0. The summed E-state index contributed by atoms with van der Waals surface area (Å²) in [6.45, 7) is 4.79. The Hall–Kier alpha value is -2.10. The van der Waals surface area contributed by atoms with E-state index >= 15 is 0 Å². The zero-order valence-electron chi connectivity index (χ0n) is 11.4. The number of amides is 1. The molecule has 19 heavy (non-hydrogen) atoms. The number of hydrogen-bond acceptors (Lipinski definition) is 2. The summed E-state index contributed by atoms with van der Waals surface area (Å²) in [7, 11) is 0. The molecule has 0 atom stereocenters. The van der Waals surface area contributed by atoms with Crippen LogP contribution < -0.4 is 5.32 Å². The SMILES string of the molecule is CCCC(=O)Nc1ccn(Cc2ccccc2C)n1. The van der Waals surface area contributed by atoms with Gasteiger partial charge in [-0.15, -0.1) is 0 Å². The molecular formula is C15H19N3O. The van der Waals surface area contributed by atoms with Gasteiger partial charge in [-0.25, -0.2) is 0 Å². The van der Waals surface area contributed by atoms with Crippen LogP contribution in [-0.2, 0) is 11.3 Å². The number of nitrogens with one attached hydrogen (secondary N) is 1. The Labute approximate surface area is 113 Å². The third-order valence-corrected chi connectivity index (χ3v) is 2.98. The highest BCUT2D eigenvalue weighted by Gasteiger charge is 2.05. The third-order valence-electron chi connectivity index (χ3n) is 2.98. The maximum atomic E-state index is 11.5. The summed E-state index contributed by atoms with van der Waals surface area (Å²) in [6, 6.07) is 10.1. The van der Waals surface area contributed by atoms with E-state index < -0.39 is 0 Å². The van der Waals surface area contributed by atoms with Crippen molar-refractivity contribution < 1.29 is 4.79 Å². The van der Waals surface area contributed by atoms with Gasteiger partial charge in [0.05, 0.1) is 6.54 Å². The van der Waals surface area contributed by atoms with E-state index in [0.717, 1.165) is 13.0 Å². The Morgan fingerprint density at radius 3 is 2.84 bits per heavy atom. The van der Waals surface area contributed by atoms with E-state index in [1.807, 2.05) is 36.0 Å². The second-order valence-electron chi connectivity index (χ2n) is 4.62. The highest BCUT2D eigenvalue weighted by molar-refractivity contribution is 5.89. The number of hydrogen-bond donors (Lipinski definition) is 1. The molecule has 2 rings (SSSR count). The molecular weight excluding hydrogens is 238 g/mol. The normalized spacial score (nSPS) is 10.4. The fourth-order valence-corrected chi connectivity index (χ4v) is 1.91. The Morgan fingerprint density at radius 2 is 2.11 bits per heavy atom. The standard InChI is InChI=1S/C15H19N3O/c1-3-6-15(19)16-14-9-10-18(17-14)11-13-8-5-4-7-12(13)2/h4-5,7-10H,3,6,11H2,1-2H3,(H,16,17,19). The van der Waals surface area contributed by atoms with Crippen molar-refractivity contribution in [1.82, 2.24) is 9.78 Å². The first-order valence-electron chi connectivity index (χ1n) is 6.57. The molecule has 0 aliphatic rings. The maximum absolute atomic E-state index is 11.5. The highest BCUT2D eigenvalue weighted by atomic mass is 16.1. The molecule has 2 aromatic rings. The van der Waals surface area contributed by atoms with Crippen molar-refractivity contribution in [3.05, 3.63) is 47.7 Å². The second kappa shape index (κ2) is 6.18. The van der Waals surface area contributed by atoms with Gasteiger partial charge in [0.15, 0.2) is 5.82 Å². The third kappa shape index (κ3) is 3.68. The molecule has 0 aliphatic carbocycles. The molecule has 1 amide bonds. The fraction of sp³-hybridized carbons (Fsp3) is 0.333. The van der Waals surface area contributed by atoms with Gasteiger partial charge in [0.25, 0.3) is 0 Å². The van der Waals surface area contributed by atoms with Gasteiger partial charge in [0.1, 0.15) is 0 Å². The number of carbonyl (C=O) groups excluding carboxylic acids is 1. The summed E-state index contributed by atoms with van der Waals surface area (Å²) in [6.07, 6.45) is 3.26. The van der Waals surface area contributed by atoms with Crippen molar-refractivity contribution in [2.75, 3.05) is 5.32 Å². The van der Waals surface area contributed by atoms with Crippen LogP contribution in [0.15, 0.2) is 36.5 Å². The molecule has 4 nitrogen and oxygen atoms in total. The molecule has 1 aromatic heterocycles. The molecule has 0 aliphatic heterocycles. The van der Waals surface area contributed by atoms with Crippen LogP contribution in [0.2, 0.25) is 0 Å². The van der Waals surface area contributed by atoms with Gasteiger partial charge < -0.3 is 5.32 Å². The summed E-state index contributed by atoms with van der Waals surface area (Å²) in [5.74, 6) is 0.635. The van der Waals surface area contributed by atoms with Crippen molar-refractivity contribution in [2.45, 2.75) is 33.2 Å². The van der Waals surface area contributed by atoms with Gasteiger partial charge in [-0.1, -0.05) is 31.2 Å². The highest BCUT2D eigenvalue weighted by Crippen LogP contribution is 2.10. The van der Waals surface area contributed by atoms with E-state index in [1.165, 1.54) is 11.1 Å². The Balaban J connectivity index is 2.02. The lowest BCUT2D eigenvalue weighted by Gasteiger charge is -2.05. The van der Waals surface area contributed by atoms with Crippen molar-refractivity contribution in [1.29, 1.82) is 0 Å². The maximum Gasteiger partial charge on any atom is 0.225 e. The van der Waals surface area contributed by atoms with Gasteiger partial charge in [-0.2, -0.15) is 5.10 Å². The largest absolute Gasteiger partial charge is 0.309 e. The predicted octanol–water partition coefficient (Wildman–Crippen LogP) is 2.98. The number of anilines is 1. The first kappa shape index (κ1) is 13.3.